The van der Waals surface area contributed by atoms with Crippen molar-refractivity contribution in [3.8, 4) is 5.69 Å². The van der Waals surface area contributed by atoms with Crippen LogP contribution in [0.4, 0.5) is 0 Å². The Bertz CT molecular complexity index is 697. The van der Waals surface area contributed by atoms with Crippen LogP contribution >= 0.6 is 11.8 Å². The van der Waals surface area contributed by atoms with Gasteiger partial charge in [-0.25, -0.2) is 0 Å². The number of hydrogen-bond acceptors (Lipinski definition) is 5. The van der Waals surface area contributed by atoms with E-state index in [0.29, 0.717) is 5.75 Å². The van der Waals surface area contributed by atoms with Gasteiger partial charge >= 0.3 is 0 Å². The molecule has 0 unspecified atom stereocenters. The number of aromatic nitrogens is 4. The zero-order valence-corrected chi connectivity index (χ0v) is 12.1. The van der Waals surface area contributed by atoms with Crippen molar-refractivity contribution in [3.05, 3.63) is 66.0 Å². The first kappa shape index (κ1) is 13.8. The van der Waals surface area contributed by atoms with Gasteiger partial charge in [-0.15, -0.1) is 16.9 Å². The second kappa shape index (κ2) is 6.51. The van der Waals surface area contributed by atoms with Crippen LogP contribution in [-0.2, 0) is 12.4 Å². The van der Waals surface area contributed by atoms with Gasteiger partial charge in [-0.3, -0.25) is 0 Å². The summed E-state index contributed by atoms with van der Waals surface area (Å²) in [4.78, 5) is 1.12. The Kier molecular flexibility index (Phi) is 4.28. The van der Waals surface area contributed by atoms with Crippen molar-refractivity contribution in [2.24, 2.45) is 0 Å². The highest BCUT2D eigenvalue weighted by atomic mass is 32.2. The summed E-state index contributed by atoms with van der Waals surface area (Å²) in [6, 6.07) is 17.7. The molecule has 1 aromatic heterocycles. The molecule has 106 valence electrons. The standard InChI is InChI=1S/C15H14N4OS/c20-10-12-6-8-14(9-7-12)21-11-15-16-17-18-19(15)13-4-2-1-3-5-13/h1-9,20H,10-11H2. The first-order chi connectivity index (χ1) is 10.4. The number of aliphatic hydroxyl groups is 1. The van der Waals surface area contributed by atoms with Gasteiger partial charge in [0, 0.05) is 4.90 Å². The zero-order chi connectivity index (χ0) is 14.5. The van der Waals surface area contributed by atoms with Crippen LogP contribution < -0.4 is 0 Å². The number of tetrazole rings is 1. The predicted molar refractivity (Wildman–Crippen MR) is 81.1 cm³/mol. The maximum atomic E-state index is 9.03. The van der Waals surface area contributed by atoms with Crippen LogP contribution in [0.3, 0.4) is 0 Å². The number of benzene rings is 2. The van der Waals surface area contributed by atoms with Crippen molar-refractivity contribution in [2.45, 2.75) is 17.3 Å². The third-order valence-corrected chi connectivity index (χ3v) is 4.02. The van der Waals surface area contributed by atoms with Crippen LogP contribution in [0.1, 0.15) is 11.4 Å². The number of rotatable bonds is 5. The van der Waals surface area contributed by atoms with Crippen LogP contribution in [0.2, 0.25) is 0 Å². The first-order valence-corrected chi connectivity index (χ1v) is 7.50. The number of para-hydroxylation sites is 1. The lowest BCUT2D eigenvalue weighted by atomic mass is 10.2. The molecule has 0 saturated heterocycles. The molecular formula is C15H14N4OS. The van der Waals surface area contributed by atoms with Gasteiger partial charge in [-0.2, -0.15) is 4.68 Å². The lowest BCUT2D eigenvalue weighted by Gasteiger charge is -2.04. The lowest BCUT2D eigenvalue weighted by Crippen LogP contribution is -2.01. The molecule has 1 N–H and O–H groups in total. The van der Waals surface area contributed by atoms with Gasteiger partial charge < -0.3 is 5.11 Å². The van der Waals surface area contributed by atoms with Crippen molar-refractivity contribution in [1.29, 1.82) is 0 Å². The average Bonchev–Trinajstić information content (AvgIpc) is 3.03. The number of thioether (sulfide) groups is 1. The Hall–Kier alpha value is -2.18. The van der Waals surface area contributed by atoms with Crippen LogP contribution in [0.25, 0.3) is 5.69 Å². The van der Waals surface area contributed by atoms with Gasteiger partial charge in [0.05, 0.1) is 18.0 Å². The van der Waals surface area contributed by atoms with Gasteiger partial charge in [0.2, 0.25) is 0 Å². The highest BCUT2D eigenvalue weighted by molar-refractivity contribution is 7.98. The molecule has 0 amide bonds. The Labute approximate surface area is 126 Å². The van der Waals surface area contributed by atoms with Crippen molar-refractivity contribution >= 4 is 11.8 Å². The molecule has 0 atom stereocenters. The van der Waals surface area contributed by atoms with Gasteiger partial charge in [0.25, 0.3) is 0 Å². The van der Waals surface area contributed by atoms with E-state index >= 15 is 0 Å². The van der Waals surface area contributed by atoms with E-state index < -0.39 is 0 Å². The third kappa shape index (κ3) is 3.29. The molecule has 5 nitrogen and oxygen atoms in total. The summed E-state index contributed by atoms with van der Waals surface area (Å²) in [6.45, 7) is 0.0667. The lowest BCUT2D eigenvalue weighted by molar-refractivity contribution is 0.282. The fourth-order valence-electron chi connectivity index (χ4n) is 1.90. The molecule has 0 aliphatic heterocycles. The molecule has 0 saturated carbocycles. The van der Waals surface area contributed by atoms with Gasteiger partial charge in [0.1, 0.15) is 0 Å². The van der Waals surface area contributed by atoms with Gasteiger partial charge in [-0.1, -0.05) is 30.3 Å². The summed E-state index contributed by atoms with van der Waals surface area (Å²) in [5, 5.41) is 20.9. The molecule has 3 aromatic rings. The Morgan fingerprint density at radius 3 is 2.48 bits per heavy atom. The molecule has 3 rings (SSSR count). The summed E-state index contributed by atoms with van der Waals surface area (Å²) < 4.78 is 1.75. The van der Waals surface area contributed by atoms with E-state index in [1.54, 1.807) is 16.4 Å². The molecule has 0 fully saturated rings. The minimum Gasteiger partial charge on any atom is -0.392 e. The van der Waals surface area contributed by atoms with Crippen molar-refractivity contribution in [3.63, 3.8) is 0 Å². The second-order valence-corrected chi connectivity index (χ2v) is 5.48. The average molecular weight is 298 g/mol. The maximum Gasteiger partial charge on any atom is 0.166 e. The highest BCUT2D eigenvalue weighted by Crippen LogP contribution is 2.23. The SMILES string of the molecule is OCc1ccc(SCc2nnnn2-c2ccccc2)cc1. The van der Waals surface area contributed by atoms with E-state index in [-0.39, 0.29) is 6.61 Å². The number of hydrogen-bond donors (Lipinski definition) is 1. The smallest absolute Gasteiger partial charge is 0.166 e. The third-order valence-electron chi connectivity index (χ3n) is 3.01. The van der Waals surface area contributed by atoms with Crippen LogP contribution in [0, 0.1) is 0 Å². The quantitative estimate of drug-likeness (QED) is 0.733. The molecule has 0 radical (unpaired) electrons. The van der Waals surface area contributed by atoms with Crippen molar-refractivity contribution in [1.82, 2.24) is 20.2 Å². The topological polar surface area (TPSA) is 63.8 Å². The summed E-state index contributed by atoms with van der Waals surface area (Å²) in [5.41, 5.74) is 1.86. The second-order valence-electron chi connectivity index (χ2n) is 4.43. The van der Waals surface area contributed by atoms with Crippen LogP contribution in [0.15, 0.2) is 59.5 Å². The van der Waals surface area contributed by atoms with E-state index in [9.17, 15) is 0 Å². The first-order valence-electron chi connectivity index (χ1n) is 6.52. The largest absolute Gasteiger partial charge is 0.392 e. The molecule has 0 bridgehead atoms. The minimum atomic E-state index is 0.0667. The molecular weight excluding hydrogens is 284 g/mol. The number of nitrogens with zero attached hydrogens (tertiary/aromatic N) is 4. The minimum absolute atomic E-state index is 0.0667. The molecule has 0 aliphatic carbocycles. The Morgan fingerprint density at radius 1 is 1.00 bits per heavy atom. The number of aliphatic hydroxyl groups excluding tert-OH is 1. The summed E-state index contributed by atoms with van der Waals surface area (Å²) in [7, 11) is 0. The normalized spacial score (nSPS) is 10.7. The molecule has 0 aliphatic rings. The van der Waals surface area contributed by atoms with Crippen molar-refractivity contribution < 1.29 is 5.11 Å². The molecule has 21 heavy (non-hydrogen) atoms. The van der Waals surface area contributed by atoms with Crippen LogP contribution in [0.5, 0.6) is 0 Å². The highest BCUT2D eigenvalue weighted by Gasteiger charge is 2.08. The van der Waals surface area contributed by atoms with Crippen molar-refractivity contribution in [2.75, 3.05) is 0 Å². The molecule has 6 heteroatoms. The van der Waals surface area contributed by atoms with E-state index in [4.69, 9.17) is 5.11 Å². The summed E-state index contributed by atoms with van der Waals surface area (Å²) in [5.74, 6) is 1.48. The monoisotopic (exact) mass is 298 g/mol. The fourth-order valence-corrected chi connectivity index (χ4v) is 2.71. The summed E-state index contributed by atoms with van der Waals surface area (Å²) in [6.07, 6.45) is 0. The van der Waals surface area contributed by atoms with Gasteiger partial charge in [0.15, 0.2) is 5.82 Å². The predicted octanol–water partition coefficient (Wildman–Crippen LogP) is 2.45. The van der Waals surface area contributed by atoms with E-state index in [0.717, 1.165) is 22.0 Å². The van der Waals surface area contributed by atoms with Gasteiger partial charge in [-0.05, 0) is 40.3 Å². The Balaban J connectivity index is 1.72. The zero-order valence-electron chi connectivity index (χ0n) is 11.3. The molecule has 2 aromatic carbocycles. The van der Waals surface area contributed by atoms with E-state index in [1.807, 2.05) is 54.6 Å². The summed E-state index contributed by atoms with van der Waals surface area (Å²) >= 11 is 1.66. The molecule has 0 spiro atoms. The maximum absolute atomic E-state index is 9.03. The van der Waals surface area contributed by atoms with E-state index in [2.05, 4.69) is 15.5 Å². The fraction of sp³-hybridized carbons (Fsp3) is 0.133. The molecule has 1 heterocycles. The van der Waals surface area contributed by atoms with Crippen LogP contribution in [-0.4, -0.2) is 25.3 Å². The Morgan fingerprint density at radius 2 is 1.76 bits per heavy atom. The van der Waals surface area contributed by atoms with E-state index in [1.165, 1.54) is 0 Å².